The molecular formula is C17H25ClO2. The van der Waals surface area contributed by atoms with Crippen LogP contribution in [0.1, 0.15) is 57.6 Å². The molecule has 20 heavy (non-hydrogen) atoms. The summed E-state index contributed by atoms with van der Waals surface area (Å²) in [7, 11) is 1.61. The van der Waals surface area contributed by atoms with Gasteiger partial charge in [0.1, 0.15) is 5.75 Å². The Hall–Kier alpha value is -0.730. The molecule has 112 valence electrons. The average Bonchev–Trinajstić information content (AvgIpc) is 2.87. The van der Waals surface area contributed by atoms with Gasteiger partial charge in [0.25, 0.3) is 0 Å². The highest BCUT2D eigenvalue weighted by molar-refractivity contribution is 6.32. The maximum atomic E-state index is 10.9. The molecule has 3 heteroatoms. The molecule has 2 rings (SSSR count). The van der Waals surface area contributed by atoms with Crippen LogP contribution in [0.25, 0.3) is 0 Å². The number of methoxy groups -OCH3 is 1. The summed E-state index contributed by atoms with van der Waals surface area (Å²) in [6.07, 6.45) is 5.29. The first-order chi connectivity index (χ1) is 9.48. The van der Waals surface area contributed by atoms with Gasteiger partial charge in [0.15, 0.2) is 0 Å². The van der Waals surface area contributed by atoms with E-state index in [0.29, 0.717) is 16.7 Å². The molecule has 0 aromatic heterocycles. The molecule has 0 radical (unpaired) electrons. The van der Waals surface area contributed by atoms with E-state index in [-0.39, 0.29) is 5.41 Å². The van der Waals surface area contributed by atoms with Crippen molar-refractivity contribution in [2.45, 2.75) is 52.1 Å². The van der Waals surface area contributed by atoms with E-state index in [1.807, 2.05) is 18.2 Å². The average molecular weight is 297 g/mol. The lowest BCUT2D eigenvalue weighted by Gasteiger charge is -2.36. The van der Waals surface area contributed by atoms with Crippen molar-refractivity contribution in [1.29, 1.82) is 0 Å². The smallest absolute Gasteiger partial charge is 0.137 e. The summed E-state index contributed by atoms with van der Waals surface area (Å²) >= 11 is 6.07. The van der Waals surface area contributed by atoms with Crippen LogP contribution in [0.5, 0.6) is 5.75 Å². The number of aliphatic hydroxyl groups excluding tert-OH is 1. The fourth-order valence-electron chi connectivity index (χ4n) is 3.68. The van der Waals surface area contributed by atoms with Crippen LogP contribution in [0.4, 0.5) is 0 Å². The molecule has 0 saturated heterocycles. The molecule has 1 N–H and O–H groups in total. The number of benzene rings is 1. The lowest BCUT2D eigenvalue weighted by molar-refractivity contribution is 0.0111. The molecular weight excluding hydrogens is 272 g/mol. The predicted molar refractivity (Wildman–Crippen MR) is 83.3 cm³/mol. The highest BCUT2D eigenvalue weighted by atomic mass is 35.5. The Kier molecular flexibility index (Phi) is 4.98. The normalized spacial score (nSPS) is 19.3. The van der Waals surface area contributed by atoms with Gasteiger partial charge in [0, 0.05) is 5.41 Å². The molecule has 0 spiro atoms. The standard InChI is InChI=1S/C17H25ClO2/c1-12(2)11-17(8-4-5-9-17)16(19)13-6-7-14(18)15(10-13)20-3/h6-7,10,12,16,19H,4-5,8-9,11H2,1-3H3. The van der Waals surface area contributed by atoms with Crippen molar-refractivity contribution in [3.63, 3.8) is 0 Å². The van der Waals surface area contributed by atoms with Gasteiger partial charge in [-0.25, -0.2) is 0 Å². The van der Waals surface area contributed by atoms with Gasteiger partial charge in [-0.2, -0.15) is 0 Å². The van der Waals surface area contributed by atoms with Crippen molar-refractivity contribution in [3.8, 4) is 5.75 Å². The van der Waals surface area contributed by atoms with E-state index in [9.17, 15) is 5.11 Å². The lowest BCUT2D eigenvalue weighted by atomic mass is 9.72. The second-order valence-electron chi connectivity index (χ2n) is 6.46. The van der Waals surface area contributed by atoms with Crippen molar-refractivity contribution >= 4 is 11.6 Å². The maximum absolute atomic E-state index is 10.9. The third-order valence-electron chi connectivity index (χ3n) is 4.49. The summed E-state index contributed by atoms with van der Waals surface area (Å²) in [5, 5.41) is 11.5. The fraction of sp³-hybridized carbons (Fsp3) is 0.647. The number of ether oxygens (including phenoxy) is 1. The second-order valence-corrected chi connectivity index (χ2v) is 6.87. The highest BCUT2D eigenvalue weighted by Crippen LogP contribution is 2.52. The van der Waals surface area contributed by atoms with E-state index in [1.54, 1.807) is 7.11 Å². The van der Waals surface area contributed by atoms with Gasteiger partial charge in [0.2, 0.25) is 0 Å². The van der Waals surface area contributed by atoms with Crippen LogP contribution in [0.3, 0.4) is 0 Å². The molecule has 2 nitrogen and oxygen atoms in total. The van der Waals surface area contributed by atoms with Gasteiger partial charge in [-0.1, -0.05) is 44.4 Å². The first-order valence-corrected chi connectivity index (χ1v) is 7.88. The van der Waals surface area contributed by atoms with Gasteiger partial charge < -0.3 is 9.84 Å². The number of halogens is 1. The van der Waals surface area contributed by atoms with Crippen LogP contribution < -0.4 is 4.74 Å². The summed E-state index contributed by atoms with van der Waals surface area (Å²) in [4.78, 5) is 0. The maximum Gasteiger partial charge on any atom is 0.137 e. The van der Waals surface area contributed by atoms with Crippen LogP contribution in [0.2, 0.25) is 5.02 Å². The van der Waals surface area contributed by atoms with E-state index in [2.05, 4.69) is 13.8 Å². The first kappa shape index (κ1) is 15.7. The van der Waals surface area contributed by atoms with Gasteiger partial charge in [-0.3, -0.25) is 0 Å². The Morgan fingerprint density at radius 3 is 2.50 bits per heavy atom. The number of aliphatic hydroxyl groups is 1. The molecule has 1 atom stereocenters. The highest BCUT2D eigenvalue weighted by Gasteiger charge is 2.41. The minimum Gasteiger partial charge on any atom is -0.495 e. The molecule has 1 unspecified atom stereocenters. The Morgan fingerprint density at radius 2 is 1.95 bits per heavy atom. The Labute approximate surface area is 127 Å². The van der Waals surface area contributed by atoms with Crippen LogP contribution >= 0.6 is 11.6 Å². The lowest BCUT2D eigenvalue weighted by Crippen LogP contribution is -2.27. The van der Waals surface area contributed by atoms with Gasteiger partial charge in [-0.05, 0) is 42.9 Å². The molecule has 0 amide bonds. The first-order valence-electron chi connectivity index (χ1n) is 7.50. The van der Waals surface area contributed by atoms with Crippen molar-refractivity contribution < 1.29 is 9.84 Å². The van der Waals surface area contributed by atoms with Crippen LogP contribution in [-0.2, 0) is 0 Å². The van der Waals surface area contributed by atoms with Gasteiger partial charge >= 0.3 is 0 Å². The molecule has 1 aromatic carbocycles. The van der Waals surface area contributed by atoms with E-state index in [1.165, 1.54) is 12.8 Å². The molecule has 1 aromatic rings. The Balaban J connectivity index is 2.30. The predicted octanol–water partition coefficient (Wildman–Crippen LogP) is 4.99. The van der Waals surface area contributed by atoms with Crippen molar-refractivity contribution in [2.75, 3.05) is 7.11 Å². The summed E-state index contributed by atoms with van der Waals surface area (Å²) < 4.78 is 5.27. The molecule has 1 fully saturated rings. The minimum absolute atomic E-state index is 0.0208. The van der Waals surface area contributed by atoms with Crippen molar-refractivity contribution in [1.82, 2.24) is 0 Å². The second kappa shape index (κ2) is 6.36. The van der Waals surface area contributed by atoms with E-state index in [0.717, 1.165) is 24.8 Å². The van der Waals surface area contributed by atoms with Crippen molar-refractivity contribution in [2.24, 2.45) is 11.3 Å². The quantitative estimate of drug-likeness (QED) is 0.829. The van der Waals surface area contributed by atoms with Crippen LogP contribution in [0, 0.1) is 11.3 Å². The summed E-state index contributed by atoms with van der Waals surface area (Å²) in [5.41, 5.74) is 0.946. The molecule has 0 aliphatic heterocycles. The zero-order valence-corrected chi connectivity index (χ0v) is 13.4. The Morgan fingerprint density at radius 1 is 1.30 bits per heavy atom. The van der Waals surface area contributed by atoms with Crippen LogP contribution in [-0.4, -0.2) is 12.2 Å². The molecule has 1 aliphatic carbocycles. The molecule has 1 saturated carbocycles. The third-order valence-corrected chi connectivity index (χ3v) is 4.80. The molecule has 0 bridgehead atoms. The minimum atomic E-state index is -0.432. The molecule has 0 heterocycles. The summed E-state index contributed by atoms with van der Waals surface area (Å²) in [6.45, 7) is 4.46. The third kappa shape index (κ3) is 3.12. The number of rotatable bonds is 5. The summed E-state index contributed by atoms with van der Waals surface area (Å²) in [5.74, 6) is 1.23. The number of hydrogen-bond donors (Lipinski definition) is 1. The van der Waals surface area contributed by atoms with Gasteiger partial charge in [0.05, 0.1) is 18.2 Å². The Bertz CT molecular complexity index is 450. The topological polar surface area (TPSA) is 29.5 Å². The van der Waals surface area contributed by atoms with Crippen LogP contribution in [0.15, 0.2) is 18.2 Å². The van der Waals surface area contributed by atoms with E-state index < -0.39 is 6.10 Å². The zero-order valence-electron chi connectivity index (χ0n) is 12.7. The summed E-state index contributed by atoms with van der Waals surface area (Å²) in [6, 6.07) is 5.63. The SMILES string of the molecule is COc1cc(C(O)C2(CC(C)C)CCCC2)ccc1Cl. The zero-order chi connectivity index (χ0) is 14.8. The largest absolute Gasteiger partial charge is 0.495 e. The molecule has 1 aliphatic rings. The van der Waals surface area contributed by atoms with Gasteiger partial charge in [-0.15, -0.1) is 0 Å². The van der Waals surface area contributed by atoms with Crippen molar-refractivity contribution in [3.05, 3.63) is 28.8 Å². The van der Waals surface area contributed by atoms with E-state index in [4.69, 9.17) is 16.3 Å². The van der Waals surface area contributed by atoms with E-state index >= 15 is 0 Å². The number of hydrogen-bond acceptors (Lipinski definition) is 2. The fourth-order valence-corrected chi connectivity index (χ4v) is 3.88. The monoisotopic (exact) mass is 296 g/mol.